The van der Waals surface area contributed by atoms with Gasteiger partial charge in [0.05, 0.1) is 6.04 Å². The Hall–Kier alpha value is -2.23. The van der Waals surface area contributed by atoms with E-state index in [-0.39, 0.29) is 6.04 Å². The van der Waals surface area contributed by atoms with Gasteiger partial charge in [-0.3, -0.25) is 16.3 Å². The third-order valence-electron chi connectivity index (χ3n) is 3.80. The molecule has 0 amide bonds. The molecule has 0 saturated carbocycles. The minimum Gasteiger partial charge on any atom is -0.271 e. The number of rotatable bonds is 4. The number of nitrogens with two attached hydrogens (primary N) is 1. The maximum Gasteiger partial charge on any atom is 0.0515 e. The Balaban J connectivity index is 1.96. The molecule has 1 atom stereocenters. The molecule has 3 rings (SSSR count). The number of fused-ring (bicyclic) bond motifs is 1. The topological polar surface area (TPSA) is 50.9 Å². The average molecular weight is 277 g/mol. The van der Waals surface area contributed by atoms with E-state index in [0.717, 1.165) is 17.5 Å². The summed E-state index contributed by atoms with van der Waals surface area (Å²) in [5.41, 5.74) is 6.47. The Morgan fingerprint density at radius 2 is 1.90 bits per heavy atom. The van der Waals surface area contributed by atoms with Crippen molar-refractivity contribution in [2.45, 2.75) is 19.4 Å². The molecular formula is C18H19N3. The molecule has 2 aromatic carbocycles. The molecule has 0 fully saturated rings. The van der Waals surface area contributed by atoms with Crippen molar-refractivity contribution in [2.75, 3.05) is 0 Å². The molecule has 0 aliphatic carbocycles. The van der Waals surface area contributed by atoms with Gasteiger partial charge < -0.3 is 0 Å². The van der Waals surface area contributed by atoms with Crippen molar-refractivity contribution in [3.63, 3.8) is 0 Å². The summed E-state index contributed by atoms with van der Waals surface area (Å²) in [6.45, 7) is 2.04. The number of hydrogen-bond acceptors (Lipinski definition) is 3. The predicted molar refractivity (Wildman–Crippen MR) is 86.7 cm³/mol. The SMILES string of the molecule is Cc1cncc(C(Cc2cccc3ccccc23)NN)c1. The third kappa shape index (κ3) is 2.94. The van der Waals surface area contributed by atoms with E-state index >= 15 is 0 Å². The van der Waals surface area contributed by atoms with E-state index < -0.39 is 0 Å². The van der Waals surface area contributed by atoms with E-state index in [1.807, 2.05) is 19.3 Å². The molecule has 3 aromatic rings. The number of aryl methyl sites for hydroxylation is 1. The molecule has 0 saturated heterocycles. The Kier molecular flexibility index (Phi) is 3.95. The summed E-state index contributed by atoms with van der Waals surface area (Å²) in [6, 6.07) is 17.0. The summed E-state index contributed by atoms with van der Waals surface area (Å²) in [5, 5.41) is 2.54. The molecule has 0 radical (unpaired) electrons. The highest BCUT2D eigenvalue weighted by Crippen LogP contribution is 2.24. The van der Waals surface area contributed by atoms with Gasteiger partial charge in [-0.2, -0.15) is 0 Å². The monoisotopic (exact) mass is 277 g/mol. The lowest BCUT2D eigenvalue weighted by Gasteiger charge is -2.17. The number of pyridine rings is 1. The lowest BCUT2D eigenvalue weighted by molar-refractivity contribution is 0.551. The van der Waals surface area contributed by atoms with Crippen molar-refractivity contribution in [1.29, 1.82) is 0 Å². The molecule has 3 nitrogen and oxygen atoms in total. The van der Waals surface area contributed by atoms with Gasteiger partial charge in [-0.25, -0.2) is 0 Å². The van der Waals surface area contributed by atoms with E-state index in [1.165, 1.54) is 16.3 Å². The van der Waals surface area contributed by atoms with Crippen LogP contribution in [0.1, 0.15) is 22.7 Å². The van der Waals surface area contributed by atoms with E-state index in [4.69, 9.17) is 5.84 Å². The van der Waals surface area contributed by atoms with Gasteiger partial charge in [-0.1, -0.05) is 48.5 Å². The van der Waals surface area contributed by atoms with Crippen LogP contribution in [-0.4, -0.2) is 4.98 Å². The lowest BCUT2D eigenvalue weighted by Crippen LogP contribution is -2.29. The van der Waals surface area contributed by atoms with Crippen LogP contribution in [0.15, 0.2) is 60.9 Å². The summed E-state index contributed by atoms with van der Waals surface area (Å²) in [5.74, 6) is 5.77. The smallest absolute Gasteiger partial charge is 0.0515 e. The van der Waals surface area contributed by atoms with Crippen molar-refractivity contribution in [2.24, 2.45) is 5.84 Å². The van der Waals surface area contributed by atoms with Gasteiger partial charge in [0.15, 0.2) is 0 Å². The Morgan fingerprint density at radius 1 is 1.10 bits per heavy atom. The molecule has 1 unspecified atom stereocenters. The highest BCUT2D eigenvalue weighted by Gasteiger charge is 2.12. The number of hydrazine groups is 1. The predicted octanol–water partition coefficient (Wildman–Crippen LogP) is 3.29. The van der Waals surface area contributed by atoms with Crippen molar-refractivity contribution < 1.29 is 0 Å². The van der Waals surface area contributed by atoms with E-state index in [9.17, 15) is 0 Å². The van der Waals surface area contributed by atoms with E-state index in [1.54, 1.807) is 0 Å². The Bertz CT molecular complexity index is 747. The zero-order chi connectivity index (χ0) is 14.7. The molecule has 0 aliphatic rings. The molecule has 1 aromatic heterocycles. The summed E-state index contributed by atoms with van der Waals surface area (Å²) >= 11 is 0. The molecule has 3 heteroatoms. The number of nitrogens with one attached hydrogen (secondary N) is 1. The molecular weight excluding hydrogens is 258 g/mol. The fourth-order valence-electron chi connectivity index (χ4n) is 2.73. The van der Waals surface area contributed by atoms with Gasteiger partial charge in [0, 0.05) is 12.4 Å². The van der Waals surface area contributed by atoms with E-state index in [2.05, 4.69) is 58.9 Å². The second-order valence-electron chi connectivity index (χ2n) is 5.36. The highest BCUT2D eigenvalue weighted by atomic mass is 15.2. The third-order valence-corrected chi connectivity index (χ3v) is 3.80. The normalized spacial score (nSPS) is 12.5. The average Bonchev–Trinajstić information content (AvgIpc) is 2.52. The molecule has 3 N–H and O–H groups in total. The molecule has 0 aliphatic heterocycles. The van der Waals surface area contributed by atoms with Crippen LogP contribution >= 0.6 is 0 Å². The number of nitrogens with zero attached hydrogens (tertiary/aromatic N) is 1. The summed E-state index contributed by atoms with van der Waals surface area (Å²) in [7, 11) is 0. The zero-order valence-corrected chi connectivity index (χ0v) is 12.1. The van der Waals surface area contributed by atoms with Crippen LogP contribution in [0.4, 0.5) is 0 Å². The summed E-state index contributed by atoms with van der Waals surface area (Å²) < 4.78 is 0. The van der Waals surface area contributed by atoms with Gasteiger partial charge in [-0.05, 0) is 40.8 Å². The van der Waals surface area contributed by atoms with Crippen LogP contribution < -0.4 is 11.3 Å². The molecule has 106 valence electrons. The minimum atomic E-state index is 0.0585. The highest BCUT2D eigenvalue weighted by molar-refractivity contribution is 5.85. The van der Waals surface area contributed by atoms with Gasteiger partial charge in [0.1, 0.15) is 0 Å². The second kappa shape index (κ2) is 6.04. The summed E-state index contributed by atoms with van der Waals surface area (Å²) in [4.78, 5) is 4.26. The second-order valence-corrected chi connectivity index (χ2v) is 5.36. The Labute approximate surface area is 124 Å². The standard InChI is InChI=1S/C18H19N3/c1-13-9-16(12-20-11-13)18(21-19)10-15-7-4-6-14-5-2-3-8-17(14)15/h2-9,11-12,18,21H,10,19H2,1H3. The van der Waals surface area contributed by atoms with Crippen LogP contribution in [-0.2, 0) is 6.42 Å². The van der Waals surface area contributed by atoms with Crippen LogP contribution in [0, 0.1) is 6.92 Å². The van der Waals surface area contributed by atoms with Crippen molar-refractivity contribution in [3.8, 4) is 0 Å². The van der Waals surface area contributed by atoms with Crippen LogP contribution in [0.25, 0.3) is 10.8 Å². The fourth-order valence-corrected chi connectivity index (χ4v) is 2.73. The van der Waals surface area contributed by atoms with Crippen LogP contribution in [0.5, 0.6) is 0 Å². The minimum absolute atomic E-state index is 0.0585. The maximum atomic E-state index is 5.77. The van der Waals surface area contributed by atoms with Gasteiger partial charge >= 0.3 is 0 Å². The number of benzene rings is 2. The largest absolute Gasteiger partial charge is 0.271 e. The van der Waals surface area contributed by atoms with E-state index in [0.29, 0.717) is 0 Å². The zero-order valence-electron chi connectivity index (χ0n) is 12.1. The van der Waals surface area contributed by atoms with Gasteiger partial charge in [-0.15, -0.1) is 0 Å². The molecule has 0 bridgehead atoms. The Morgan fingerprint density at radius 3 is 2.71 bits per heavy atom. The summed E-state index contributed by atoms with van der Waals surface area (Å²) in [6.07, 6.45) is 4.57. The first-order chi connectivity index (χ1) is 10.3. The molecule has 21 heavy (non-hydrogen) atoms. The van der Waals surface area contributed by atoms with Crippen LogP contribution in [0.2, 0.25) is 0 Å². The maximum absolute atomic E-state index is 5.77. The molecule has 0 spiro atoms. The lowest BCUT2D eigenvalue weighted by atomic mass is 9.95. The first kappa shape index (κ1) is 13.7. The fraction of sp³-hybridized carbons (Fsp3) is 0.167. The van der Waals surface area contributed by atoms with Crippen LogP contribution in [0.3, 0.4) is 0 Å². The van der Waals surface area contributed by atoms with Gasteiger partial charge in [0.2, 0.25) is 0 Å². The molecule has 1 heterocycles. The first-order valence-electron chi connectivity index (χ1n) is 7.12. The first-order valence-corrected chi connectivity index (χ1v) is 7.12. The van der Waals surface area contributed by atoms with Crippen molar-refractivity contribution in [1.82, 2.24) is 10.4 Å². The van der Waals surface area contributed by atoms with Crippen molar-refractivity contribution in [3.05, 3.63) is 77.6 Å². The number of hydrogen-bond donors (Lipinski definition) is 2. The van der Waals surface area contributed by atoms with Crippen molar-refractivity contribution >= 4 is 10.8 Å². The number of aromatic nitrogens is 1. The van der Waals surface area contributed by atoms with Gasteiger partial charge in [0.25, 0.3) is 0 Å². The quantitative estimate of drug-likeness (QED) is 0.568.